The van der Waals surface area contributed by atoms with Gasteiger partial charge in [0.25, 0.3) is 10.0 Å². The van der Waals surface area contributed by atoms with Crippen molar-refractivity contribution in [1.29, 1.82) is 0 Å². The van der Waals surface area contributed by atoms with Gasteiger partial charge in [-0.05, 0) is 63.4 Å². The zero-order valence-corrected chi connectivity index (χ0v) is 24.3. The van der Waals surface area contributed by atoms with Crippen LogP contribution >= 0.6 is 0 Å². The Morgan fingerprint density at radius 2 is 1.31 bits per heavy atom. The lowest BCUT2D eigenvalue weighted by Crippen LogP contribution is -2.52. The number of hydrogen-bond acceptors (Lipinski definition) is 4. The fraction of sp³-hybridized carbons (Fsp3) is 0.355. The van der Waals surface area contributed by atoms with E-state index in [0.29, 0.717) is 18.7 Å². The van der Waals surface area contributed by atoms with Gasteiger partial charge in [-0.3, -0.25) is 13.9 Å². The van der Waals surface area contributed by atoms with Crippen LogP contribution in [0.25, 0.3) is 0 Å². The number of carbonyl (C=O) groups excluding carboxylic acids is 2. The number of benzene rings is 3. The van der Waals surface area contributed by atoms with Gasteiger partial charge in [-0.2, -0.15) is 0 Å². The van der Waals surface area contributed by atoms with Gasteiger partial charge in [0.05, 0.1) is 10.6 Å². The normalized spacial score (nSPS) is 12.0. The standard InChI is InChI=1S/C31H39N3O4S/c1-6-20-32-31(36)29(7-2)33(21-26-14-8-23(3)9-15-26)30(35)22-34(27-16-10-24(4)11-17-27)39(37,38)28-18-12-25(5)13-19-28/h8-19,29H,6-7,20-22H2,1-5H3,(H,32,36). The summed E-state index contributed by atoms with van der Waals surface area (Å²) in [4.78, 5) is 28.7. The lowest BCUT2D eigenvalue weighted by Gasteiger charge is -2.33. The van der Waals surface area contributed by atoms with Crippen LogP contribution in [0.3, 0.4) is 0 Å². The molecule has 1 N–H and O–H groups in total. The molecule has 0 spiro atoms. The second-order valence-corrected chi connectivity index (χ2v) is 11.7. The number of hydrogen-bond donors (Lipinski definition) is 1. The Kier molecular flexibility index (Phi) is 10.3. The highest BCUT2D eigenvalue weighted by Crippen LogP contribution is 2.25. The van der Waals surface area contributed by atoms with Crippen molar-refractivity contribution < 1.29 is 18.0 Å². The van der Waals surface area contributed by atoms with E-state index in [1.54, 1.807) is 36.4 Å². The predicted octanol–water partition coefficient (Wildman–Crippen LogP) is 5.14. The molecule has 0 saturated carbocycles. The third-order valence-corrected chi connectivity index (χ3v) is 8.41. The maximum Gasteiger partial charge on any atom is 0.264 e. The highest BCUT2D eigenvalue weighted by molar-refractivity contribution is 7.92. The zero-order chi connectivity index (χ0) is 28.6. The maximum atomic E-state index is 14.0. The van der Waals surface area contributed by atoms with E-state index in [2.05, 4.69) is 5.32 Å². The largest absolute Gasteiger partial charge is 0.354 e. The van der Waals surface area contributed by atoms with Crippen LogP contribution in [0.5, 0.6) is 0 Å². The molecule has 1 unspecified atom stereocenters. The van der Waals surface area contributed by atoms with Crippen molar-refractivity contribution in [2.45, 2.75) is 64.9 Å². The third-order valence-electron chi connectivity index (χ3n) is 6.62. The van der Waals surface area contributed by atoms with Crippen molar-refractivity contribution in [3.05, 3.63) is 95.1 Å². The minimum absolute atomic E-state index is 0.0966. The van der Waals surface area contributed by atoms with Crippen LogP contribution in [0.2, 0.25) is 0 Å². The smallest absolute Gasteiger partial charge is 0.264 e. The Morgan fingerprint density at radius 1 is 0.795 bits per heavy atom. The summed E-state index contributed by atoms with van der Waals surface area (Å²) in [5.74, 6) is -0.701. The Morgan fingerprint density at radius 3 is 1.82 bits per heavy atom. The van der Waals surface area contributed by atoms with Crippen LogP contribution in [0.4, 0.5) is 5.69 Å². The van der Waals surface area contributed by atoms with Gasteiger partial charge in [0, 0.05) is 13.1 Å². The van der Waals surface area contributed by atoms with E-state index in [0.717, 1.165) is 33.0 Å². The summed E-state index contributed by atoms with van der Waals surface area (Å²) in [5.41, 5.74) is 4.23. The minimum Gasteiger partial charge on any atom is -0.354 e. The van der Waals surface area contributed by atoms with Crippen LogP contribution in [-0.4, -0.2) is 44.3 Å². The Labute approximate surface area is 232 Å². The SMILES string of the molecule is CCCNC(=O)C(CC)N(Cc1ccc(C)cc1)C(=O)CN(c1ccc(C)cc1)S(=O)(=O)c1ccc(C)cc1. The fourth-order valence-electron chi connectivity index (χ4n) is 4.25. The highest BCUT2D eigenvalue weighted by atomic mass is 32.2. The van der Waals surface area contributed by atoms with Crippen LogP contribution < -0.4 is 9.62 Å². The Bertz CT molecular complexity index is 1350. The van der Waals surface area contributed by atoms with Gasteiger partial charge >= 0.3 is 0 Å². The molecule has 39 heavy (non-hydrogen) atoms. The molecule has 0 aliphatic carbocycles. The maximum absolute atomic E-state index is 14.0. The molecular formula is C31H39N3O4S. The predicted molar refractivity (Wildman–Crippen MR) is 156 cm³/mol. The molecule has 0 radical (unpaired) electrons. The first-order chi connectivity index (χ1) is 18.6. The molecule has 3 aromatic rings. The van der Waals surface area contributed by atoms with Gasteiger partial charge in [0.2, 0.25) is 11.8 Å². The van der Waals surface area contributed by atoms with Crippen LogP contribution in [-0.2, 0) is 26.2 Å². The zero-order valence-electron chi connectivity index (χ0n) is 23.5. The van der Waals surface area contributed by atoms with E-state index in [4.69, 9.17) is 0 Å². The number of carbonyl (C=O) groups is 2. The summed E-state index contributed by atoms with van der Waals surface area (Å²) < 4.78 is 28.9. The highest BCUT2D eigenvalue weighted by Gasteiger charge is 2.33. The molecule has 0 fully saturated rings. The topological polar surface area (TPSA) is 86.8 Å². The number of nitrogens with zero attached hydrogens (tertiary/aromatic N) is 2. The molecule has 0 heterocycles. The average Bonchev–Trinajstić information content (AvgIpc) is 2.92. The third kappa shape index (κ3) is 7.69. The molecule has 208 valence electrons. The number of rotatable bonds is 12. The van der Waals surface area contributed by atoms with Crippen molar-refractivity contribution in [3.8, 4) is 0 Å². The molecule has 1 atom stereocenters. The first kappa shape index (κ1) is 29.9. The van der Waals surface area contributed by atoms with E-state index >= 15 is 0 Å². The Hall–Kier alpha value is -3.65. The van der Waals surface area contributed by atoms with Gasteiger partial charge in [0.15, 0.2) is 0 Å². The van der Waals surface area contributed by atoms with E-state index in [1.165, 1.54) is 4.90 Å². The van der Waals surface area contributed by atoms with E-state index in [-0.39, 0.29) is 17.3 Å². The Balaban J connectivity index is 2.03. The van der Waals surface area contributed by atoms with Crippen molar-refractivity contribution in [2.24, 2.45) is 0 Å². The molecule has 0 saturated heterocycles. The number of anilines is 1. The lowest BCUT2D eigenvalue weighted by molar-refractivity contribution is -0.140. The molecule has 7 nitrogen and oxygen atoms in total. The summed E-state index contributed by atoms with van der Waals surface area (Å²) in [5, 5.41) is 2.90. The van der Waals surface area contributed by atoms with Crippen LogP contribution in [0.1, 0.15) is 48.9 Å². The van der Waals surface area contributed by atoms with Crippen LogP contribution in [0, 0.1) is 20.8 Å². The van der Waals surface area contributed by atoms with Crippen molar-refractivity contribution in [2.75, 3.05) is 17.4 Å². The average molecular weight is 550 g/mol. The van der Waals surface area contributed by atoms with Gasteiger partial charge < -0.3 is 10.2 Å². The van der Waals surface area contributed by atoms with Crippen molar-refractivity contribution in [1.82, 2.24) is 10.2 Å². The quantitative estimate of drug-likeness (QED) is 0.339. The molecule has 2 amide bonds. The molecule has 3 rings (SSSR count). The number of aryl methyl sites for hydroxylation is 3. The molecule has 0 bridgehead atoms. The van der Waals surface area contributed by atoms with Gasteiger partial charge in [-0.15, -0.1) is 0 Å². The van der Waals surface area contributed by atoms with E-state index in [9.17, 15) is 18.0 Å². The molecule has 0 aliphatic rings. The fourth-order valence-corrected chi connectivity index (χ4v) is 5.67. The van der Waals surface area contributed by atoms with E-state index in [1.807, 2.05) is 71.0 Å². The first-order valence-corrected chi connectivity index (χ1v) is 14.8. The minimum atomic E-state index is -4.07. The van der Waals surface area contributed by atoms with Gasteiger partial charge in [0.1, 0.15) is 12.6 Å². The summed E-state index contributed by atoms with van der Waals surface area (Å²) in [6.07, 6.45) is 1.16. The first-order valence-electron chi connectivity index (χ1n) is 13.4. The molecule has 3 aromatic carbocycles. The number of sulfonamides is 1. The van der Waals surface area contributed by atoms with Gasteiger partial charge in [-0.25, -0.2) is 8.42 Å². The van der Waals surface area contributed by atoms with Crippen molar-refractivity contribution in [3.63, 3.8) is 0 Å². The summed E-state index contributed by atoms with van der Waals surface area (Å²) in [6.45, 7) is 9.84. The van der Waals surface area contributed by atoms with Crippen LogP contribution in [0.15, 0.2) is 77.7 Å². The second-order valence-electron chi connectivity index (χ2n) is 9.88. The summed E-state index contributed by atoms with van der Waals surface area (Å²) >= 11 is 0. The molecule has 0 aliphatic heterocycles. The van der Waals surface area contributed by atoms with Gasteiger partial charge in [-0.1, -0.05) is 79.1 Å². The number of nitrogens with one attached hydrogen (secondary N) is 1. The molecule has 0 aromatic heterocycles. The molecular weight excluding hydrogens is 510 g/mol. The monoisotopic (exact) mass is 549 g/mol. The summed E-state index contributed by atoms with van der Waals surface area (Å²) in [6, 6.07) is 20.6. The second kappa shape index (κ2) is 13.4. The lowest BCUT2D eigenvalue weighted by atomic mass is 10.1. The van der Waals surface area contributed by atoms with E-state index < -0.39 is 28.5 Å². The summed E-state index contributed by atoms with van der Waals surface area (Å²) in [7, 11) is -4.07. The van der Waals surface area contributed by atoms with Crippen molar-refractivity contribution >= 4 is 27.5 Å². The molecule has 8 heteroatoms. The number of amides is 2.